The monoisotopic (exact) mass is 177 g/mol. The SMILES string of the molecule is CC(NC1COC1)c1ccccc1. The molecule has 13 heavy (non-hydrogen) atoms. The molecule has 1 aliphatic rings. The summed E-state index contributed by atoms with van der Waals surface area (Å²) in [6.07, 6.45) is 0. The Hall–Kier alpha value is -0.860. The van der Waals surface area contributed by atoms with E-state index in [0.717, 1.165) is 13.2 Å². The maximum atomic E-state index is 5.11. The first kappa shape index (κ1) is 8.73. The highest BCUT2D eigenvalue weighted by Crippen LogP contribution is 2.13. The Balaban J connectivity index is 1.92. The molecule has 1 aliphatic heterocycles. The van der Waals surface area contributed by atoms with Gasteiger partial charge in [-0.15, -0.1) is 0 Å². The molecule has 1 N–H and O–H groups in total. The van der Waals surface area contributed by atoms with Crippen molar-refractivity contribution in [2.75, 3.05) is 13.2 Å². The zero-order valence-corrected chi connectivity index (χ0v) is 7.86. The van der Waals surface area contributed by atoms with Gasteiger partial charge in [-0.05, 0) is 12.5 Å². The maximum Gasteiger partial charge on any atom is 0.0643 e. The van der Waals surface area contributed by atoms with Crippen LogP contribution in [0.5, 0.6) is 0 Å². The molecule has 1 aromatic rings. The molecule has 1 saturated heterocycles. The predicted octanol–water partition coefficient (Wildman–Crippen LogP) is 1.74. The van der Waals surface area contributed by atoms with E-state index in [1.807, 2.05) is 6.07 Å². The van der Waals surface area contributed by atoms with Gasteiger partial charge in [-0.25, -0.2) is 0 Å². The molecule has 70 valence electrons. The van der Waals surface area contributed by atoms with Crippen LogP contribution in [0.3, 0.4) is 0 Å². The lowest BCUT2D eigenvalue weighted by Gasteiger charge is -2.30. The van der Waals surface area contributed by atoms with E-state index >= 15 is 0 Å². The summed E-state index contributed by atoms with van der Waals surface area (Å²) in [6, 6.07) is 11.5. The average Bonchev–Trinajstić information content (AvgIpc) is 2.12. The molecule has 0 aliphatic carbocycles. The first-order chi connectivity index (χ1) is 6.36. The standard InChI is InChI=1S/C11H15NO/c1-9(12-11-7-13-8-11)10-5-3-2-4-6-10/h2-6,9,11-12H,7-8H2,1H3. The van der Waals surface area contributed by atoms with Gasteiger partial charge < -0.3 is 10.1 Å². The van der Waals surface area contributed by atoms with Crippen LogP contribution in [0.2, 0.25) is 0 Å². The van der Waals surface area contributed by atoms with Gasteiger partial charge in [-0.1, -0.05) is 30.3 Å². The summed E-state index contributed by atoms with van der Waals surface area (Å²) in [5, 5.41) is 3.51. The predicted molar refractivity (Wildman–Crippen MR) is 52.6 cm³/mol. The van der Waals surface area contributed by atoms with Crippen molar-refractivity contribution >= 4 is 0 Å². The van der Waals surface area contributed by atoms with Crippen LogP contribution in [-0.2, 0) is 4.74 Å². The van der Waals surface area contributed by atoms with Crippen molar-refractivity contribution in [3.63, 3.8) is 0 Å². The Labute approximate surface area is 78.9 Å². The van der Waals surface area contributed by atoms with Gasteiger partial charge in [0.2, 0.25) is 0 Å². The molecule has 0 bridgehead atoms. The summed E-state index contributed by atoms with van der Waals surface area (Å²) in [7, 11) is 0. The minimum absolute atomic E-state index is 0.426. The zero-order chi connectivity index (χ0) is 9.10. The second-order valence-electron chi connectivity index (χ2n) is 3.53. The molecule has 1 atom stereocenters. The fourth-order valence-corrected chi connectivity index (χ4v) is 1.52. The van der Waals surface area contributed by atoms with Crippen molar-refractivity contribution in [1.29, 1.82) is 0 Å². The number of ether oxygens (including phenoxy) is 1. The van der Waals surface area contributed by atoms with Gasteiger partial charge in [0.15, 0.2) is 0 Å². The van der Waals surface area contributed by atoms with Crippen LogP contribution in [0.1, 0.15) is 18.5 Å². The van der Waals surface area contributed by atoms with E-state index in [-0.39, 0.29) is 0 Å². The largest absolute Gasteiger partial charge is 0.378 e. The molecule has 2 nitrogen and oxygen atoms in total. The highest BCUT2D eigenvalue weighted by atomic mass is 16.5. The van der Waals surface area contributed by atoms with Crippen LogP contribution in [0.15, 0.2) is 30.3 Å². The van der Waals surface area contributed by atoms with Crippen LogP contribution in [0.4, 0.5) is 0 Å². The van der Waals surface area contributed by atoms with Crippen molar-refractivity contribution in [3.8, 4) is 0 Å². The molecular weight excluding hydrogens is 162 g/mol. The first-order valence-corrected chi connectivity index (χ1v) is 4.75. The highest BCUT2D eigenvalue weighted by Gasteiger charge is 2.20. The Morgan fingerprint density at radius 2 is 2.00 bits per heavy atom. The number of rotatable bonds is 3. The Bertz CT molecular complexity index is 256. The average molecular weight is 177 g/mol. The normalized spacial score (nSPS) is 19.5. The van der Waals surface area contributed by atoms with Crippen LogP contribution in [0.25, 0.3) is 0 Å². The molecule has 0 spiro atoms. The third-order valence-electron chi connectivity index (χ3n) is 2.42. The van der Waals surface area contributed by atoms with Gasteiger partial charge in [0.1, 0.15) is 0 Å². The van der Waals surface area contributed by atoms with E-state index in [1.54, 1.807) is 0 Å². The third-order valence-corrected chi connectivity index (χ3v) is 2.42. The molecule has 0 saturated carbocycles. The molecule has 2 heteroatoms. The van der Waals surface area contributed by atoms with E-state index in [1.165, 1.54) is 5.56 Å². The molecule has 0 amide bonds. The summed E-state index contributed by atoms with van der Waals surface area (Å²) in [6.45, 7) is 3.90. The van der Waals surface area contributed by atoms with Crippen molar-refractivity contribution in [2.24, 2.45) is 0 Å². The lowest BCUT2D eigenvalue weighted by atomic mass is 10.1. The molecule has 1 fully saturated rings. The molecule has 2 rings (SSSR count). The topological polar surface area (TPSA) is 21.3 Å². The summed E-state index contributed by atoms with van der Waals surface area (Å²) in [5.41, 5.74) is 1.34. The van der Waals surface area contributed by atoms with Crippen molar-refractivity contribution < 1.29 is 4.74 Å². The fourth-order valence-electron chi connectivity index (χ4n) is 1.52. The number of nitrogens with one attached hydrogen (secondary N) is 1. The Morgan fingerprint density at radius 3 is 2.54 bits per heavy atom. The quantitative estimate of drug-likeness (QED) is 0.759. The summed E-state index contributed by atoms with van der Waals surface area (Å²) >= 11 is 0. The smallest absolute Gasteiger partial charge is 0.0643 e. The van der Waals surface area contributed by atoms with Gasteiger partial charge in [0, 0.05) is 6.04 Å². The van der Waals surface area contributed by atoms with Crippen LogP contribution >= 0.6 is 0 Å². The van der Waals surface area contributed by atoms with E-state index in [9.17, 15) is 0 Å². The van der Waals surface area contributed by atoms with E-state index in [2.05, 4.69) is 36.5 Å². The van der Waals surface area contributed by atoms with Crippen LogP contribution in [-0.4, -0.2) is 19.3 Å². The molecule has 1 unspecified atom stereocenters. The van der Waals surface area contributed by atoms with Gasteiger partial charge >= 0.3 is 0 Å². The van der Waals surface area contributed by atoms with E-state index < -0.39 is 0 Å². The van der Waals surface area contributed by atoms with Gasteiger partial charge in [0.25, 0.3) is 0 Å². The van der Waals surface area contributed by atoms with Gasteiger partial charge in [-0.3, -0.25) is 0 Å². The number of benzene rings is 1. The maximum absolute atomic E-state index is 5.11. The van der Waals surface area contributed by atoms with Gasteiger partial charge in [-0.2, -0.15) is 0 Å². The van der Waals surface area contributed by atoms with Crippen molar-refractivity contribution in [2.45, 2.75) is 19.0 Å². The van der Waals surface area contributed by atoms with Crippen LogP contribution < -0.4 is 5.32 Å². The number of hydrogen-bond donors (Lipinski definition) is 1. The molecule has 0 radical (unpaired) electrons. The van der Waals surface area contributed by atoms with Crippen LogP contribution in [0, 0.1) is 0 Å². The van der Waals surface area contributed by atoms with E-state index in [4.69, 9.17) is 4.74 Å². The van der Waals surface area contributed by atoms with E-state index in [0.29, 0.717) is 12.1 Å². The molecule has 0 aromatic heterocycles. The number of hydrogen-bond acceptors (Lipinski definition) is 2. The van der Waals surface area contributed by atoms with Gasteiger partial charge in [0.05, 0.1) is 19.3 Å². The zero-order valence-electron chi connectivity index (χ0n) is 7.86. The summed E-state index contributed by atoms with van der Waals surface area (Å²) in [5.74, 6) is 0. The van der Waals surface area contributed by atoms with Crippen molar-refractivity contribution in [1.82, 2.24) is 5.32 Å². The Morgan fingerprint density at radius 1 is 1.31 bits per heavy atom. The first-order valence-electron chi connectivity index (χ1n) is 4.75. The van der Waals surface area contributed by atoms with Crippen molar-refractivity contribution in [3.05, 3.63) is 35.9 Å². The highest BCUT2D eigenvalue weighted by molar-refractivity contribution is 5.18. The minimum Gasteiger partial charge on any atom is -0.378 e. The summed E-state index contributed by atoms with van der Waals surface area (Å²) in [4.78, 5) is 0. The lowest BCUT2D eigenvalue weighted by Crippen LogP contribution is -2.46. The fraction of sp³-hybridized carbons (Fsp3) is 0.455. The Kier molecular flexibility index (Phi) is 2.62. The lowest BCUT2D eigenvalue weighted by molar-refractivity contribution is -0.00925. The second-order valence-corrected chi connectivity index (χ2v) is 3.53. The molecular formula is C11H15NO. The third kappa shape index (κ3) is 2.08. The minimum atomic E-state index is 0.426. The summed E-state index contributed by atoms with van der Waals surface area (Å²) < 4.78 is 5.11. The molecule has 1 aromatic carbocycles. The molecule has 1 heterocycles. The second kappa shape index (κ2) is 3.90.